The van der Waals surface area contributed by atoms with Crippen molar-refractivity contribution in [2.75, 3.05) is 30.4 Å². The zero-order valence-electron chi connectivity index (χ0n) is 16.0. The van der Waals surface area contributed by atoms with Crippen LogP contribution in [0, 0.1) is 11.3 Å². The predicted octanol–water partition coefficient (Wildman–Crippen LogP) is 4.54. The molecule has 2 heterocycles. The molecule has 0 atom stereocenters. The second-order valence-electron chi connectivity index (χ2n) is 6.77. The van der Waals surface area contributed by atoms with Crippen molar-refractivity contribution in [2.45, 2.75) is 13.0 Å². The number of ether oxygens (including phenoxy) is 1. The van der Waals surface area contributed by atoms with Crippen LogP contribution in [0.5, 0.6) is 5.75 Å². The largest absolute Gasteiger partial charge is 0.495 e. The lowest BCUT2D eigenvalue weighted by Gasteiger charge is -2.25. The van der Waals surface area contributed by atoms with Crippen LogP contribution >= 0.6 is 11.6 Å². The van der Waals surface area contributed by atoms with Crippen LogP contribution in [0.15, 0.2) is 48.6 Å². The topological polar surface area (TPSA) is 74.1 Å². The van der Waals surface area contributed by atoms with Crippen molar-refractivity contribution in [3.8, 4) is 11.8 Å². The van der Waals surface area contributed by atoms with Crippen molar-refractivity contribution in [3.05, 3.63) is 64.7 Å². The van der Waals surface area contributed by atoms with Crippen molar-refractivity contribution in [2.24, 2.45) is 0 Å². The Hall–Kier alpha value is -3.30. The quantitative estimate of drug-likeness (QED) is 0.628. The molecule has 0 radical (unpaired) electrons. The normalized spacial score (nSPS) is 13.3. The second kappa shape index (κ2) is 8.38. The molecule has 0 fully saturated rings. The number of anilines is 2. The van der Waals surface area contributed by atoms with Crippen LogP contribution in [0.1, 0.15) is 17.5 Å². The van der Waals surface area contributed by atoms with Gasteiger partial charge in [0.25, 0.3) is 0 Å². The molecule has 1 aliphatic heterocycles. The van der Waals surface area contributed by atoms with E-state index < -0.39 is 0 Å². The molecule has 29 heavy (non-hydrogen) atoms. The first-order valence-electron chi connectivity index (χ1n) is 9.36. The summed E-state index contributed by atoms with van der Waals surface area (Å²) in [6, 6.07) is 13.5. The molecule has 4 rings (SSSR count). The number of methoxy groups -OCH3 is 1. The van der Waals surface area contributed by atoms with Crippen molar-refractivity contribution in [1.29, 1.82) is 5.26 Å². The Balaban J connectivity index is 1.68. The lowest BCUT2D eigenvalue weighted by atomic mass is 10.1. The maximum atomic E-state index is 9.34. The van der Waals surface area contributed by atoms with Crippen LogP contribution in [0.3, 0.4) is 0 Å². The number of hydrogen-bond donors (Lipinski definition) is 1. The van der Waals surface area contributed by atoms with Gasteiger partial charge in [-0.05, 0) is 42.3 Å². The van der Waals surface area contributed by atoms with Gasteiger partial charge in [0.05, 0.1) is 23.8 Å². The molecule has 0 aliphatic carbocycles. The molecule has 0 unspecified atom stereocenters. The van der Waals surface area contributed by atoms with Crippen LogP contribution < -0.4 is 15.0 Å². The van der Waals surface area contributed by atoms with Gasteiger partial charge in [0.15, 0.2) is 11.6 Å². The summed E-state index contributed by atoms with van der Waals surface area (Å²) in [5.41, 5.74) is 1.58. The lowest BCUT2D eigenvalue weighted by Crippen LogP contribution is -2.28. The van der Waals surface area contributed by atoms with Crippen molar-refractivity contribution in [1.82, 2.24) is 10.2 Å². The van der Waals surface area contributed by atoms with Crippen LogP contribution in [0.2, 0.25) is 5.02 Å². The molecule has 6 nitrogen and oxygen atoms in total. The SMILES string of the molecule is COc1ccc(CNc2nnc(N3CC=CCC3)c3ccc(C#N)cc23)cc1Cl. The molecule has 1 aliphatic rings. The van der Waals surface area contributed by atoms with Gasteiger partial charge in [-0.2, -0.15) is 5.26 Å². The molecule has 0 spiro atoms. The zero-order valence-corrected chi connectivity index (χ0v) is 16.8. The molecule has 146 valence electrons. The number of nitrogens with one attached hydrogen (secondary N) is 1. The van der Waals surface area contributed by atoms with E-state index in [1.54, 1.807) is 7.11 Å². The third kappa shape index (κ3) is 3.96. The first-order chi connectivity index (χ1) is 14.2. The van der Waals surface area contributed by atoms with E-state index in [9.17, 15) is 5.26 Å². The summed E-state index contributed by atoms with van der Waals surface area (Å²) >= 11 is 6.22. The molecule has 1 N–H and O–H groups in total. The third-order valence-electron chi connectivity index (χ3n) is 4.92. The summed E-state index contributed by atoms with van der Waals surface area (Å²) in [4.78, 5) is 2.20. The first kappa shape index (κ1) is 19.0. The Morgan fingerprint density at radius 1 is 1.17 bits per heavy atom. The summed E-state index contributed by atoms with van der Waals surface area (Å²) in [6.45, 7) is 2.23. The summed E-state index contributed by atoms with van der Waals surface area (Å²) in [5.74, 6) is 2.12. The van der Waals surface area contributed by atoms with Crippen molar-refractivity contribution < 1.29 is 4.74 Å². The average molecular weight is 406 g/mol. The fourth-order valence-electron chi connectivity index (χ4n) is 3.41. The number of nitrogens with zero attached hydrogens (tertiary/aromatic N) is 4. The Morgan fingerprint density at radius 2 is 2.07 bits per heavy atom. The Morgan fingerprint density at radius 3 is 2.79 bits per heavy atom. The van der Waals surface area contributed by atoms with Crippen LogP contribution in [0.4, 0.5) is 11.6 Å². The molecule has 2 aromatic carbocycles. The van der Waals surface area contributed by atoms with Gasteiger partial charge < -0.3 is 15.0 Å². The number of fused-ring (bicyclic) bond motifs is 1. The molecule has 7 heteroatoms. The number of aromatic nitrogens is 2. The highest BCUT2D eigenvalue weighted by molar-refractivity contribution is 6.32. The molecule has 1 aromatic heterocycles. The molecule has 0 saturated carbocycles. The highest BCUT2D eigenvalue weighted by Crippen LogP contribution is 2.31. The monoisotopic (exact) mass is 405 g/mol. The molecule has 3 aromatic rings. The third-order valence-corrected chi connectivity index (χ3v) is 5.22. The lowest BCUT2D eigenvalue weighted by molar-refractivity contribution is 0.415. The zero-order chi connectivity index (χ0) is 20.2. The van der Waals surface area contributed by atoms with E-state index in [1.165, 1.54) is 0 Å². The molecular formula is C22H20ClN5O. The van der Waals surface area contributed by atoms with E-state index >= 15 is 0 Å². The summed E-state index contributed by atoms with van der Waals surface area (Å²) in [5, 5.41) is 24.0. The number of benzene rings is 2. The van der Waals surface area contributed by atoms with Gasteiger partial charge in [0.2, 0.25) is 0 Å². The Kier molecular flexibility index (Phi) is 5.50. The van der Waals surface area contributed by atoms with Crippen molar-refractivity contribution in [3.63, 3.8) is 0 Å². The minimum atomic E-state index is 0.524. The van der Waals surface area contributed by atoms with Gasteiger partial charge in [-0.1, -0.05) is 29.8 Å². The smallest absolute Gasteiger partial charge is 0.159 e. The van der Waals surface area contributed by atoms with Gasteiger partial charge in [0, 0.05) is 30.4 Å². The van der Waals surface area contributed by atoms with E-state index in [1.807, 2.05) is 36.4 Å². The first-order valence-corrected chi connectivity index (χ1v) is 9.74. The minimum absolute atomic E-state index is 0.524. The Bertz CT molecular complexity index is 1120. The van der Waals surface area contributed by atoms with E-state index in [-0.39, 0.29) is 0 Å². The van der Waals surface area contributed by atoms with Crippen LogP contribution in [-0.2, 0) is 6.54 Å². The second-order valence-corrected chi connectivity index (χ2v) is 7.18. The fraction of sp³-hybridized carbons (Fsp3) is 0.227. The van der Waals surface area contributed by atoms with Gasteiger partial charge in [0.1, 0.15) is 5.75 Å². The van der Waals surface area contributed by atoms with E-state index in [0.29, 0.717) is 28.7 Å². The maximum Gasteiger partial charge on any atom is 0.159 e. The standard InChI is InChI=1S/C22H20ClN5O/c1-29-20-8-6-16(12-19(20)23)14-25-21-18-11-15(13-24)5-7-17(18)22(27-26-21)28-9-3-2-4-10-28/h2-3,5-8,11-12H,4,9-10,14H2,1H3,(H,25,26). The van der Waals surface area contributed by atoms with Crippen LogP contribution in [-0.4, -0.2) is 30.4 Å². The number of halogens is 1. The number of rotatable bonds is 5. The minimum Gasteiger partial charge on any atom is -0.495 e. The number of nitriles is 1. The summed E-state index contributed by atoms with van der Waals surface area (Å²) < 4.78 is 5.20. The number of hydrogen-bond acceptors (Lipinski definition) is 6. The highest BCUT2D eigenvalue weighted by Gasteiger charge is 2.16. The molecule has 0 amide bonds. The maximum absolute atomic E-state index is 9.34. The van der Waals surface area contributed by atoms with Gasteiger partial charge >= 0.3 is 0 Å². The van der Waals surface area contributed by atoms with E-state index in [4.69, 9.17) is 16.3 Å². The molecule has 0 bridgehead atoms. The van der Waals surface area contributed by atoms with Crippen molar-refractivity contribution >= 4 is 34.0 Å². The highest BCUT2D eigenvalue weighted by atomic mass is 35.5. The average Bonchev–Trinajstić information content (AvgIpc) is 2.77. The summed E-state index contributed by atoms with van der Waals surface area (Å²) in [6.07, 6.45) is 5.30. The van der Waals surface area contributed by atoms with Crippen LogP contribution in [0.25, 0.3) is 10.8 Å². The van der Waals surface area contributed by atoms with E-state index in [2.05, 4.69) is 38.6 Å². The van der Waals surface area contributed by atoms with Gasteiger partial charge in [-0.25, -0.2) is 0 Å². The molecule has 0 saturated heterocycles. The summed E-state index contributed by atoms with van der Waals surface area (Å²) in [7, 11) is 1.59. The van der Waals surface area contributed by atoms with E-state index in [0.717, 1.165) is 41.7 Å². The fourth-order valence-corrected chi connectivity index (χ4v) is 3.69. The van der Waals surface area contributed by atoms with Gasteiger partial charge in [-0.3, -0.25) is 0 Å². The van der Waals surface area contributed by atoms with Gasteiger partial charge in [-0.15, -0.1) is 10.2 Å². The predicted molar refractivity (Wildman–Crippen MR) is 116 cm³/mol. The Labute approximate surface area is 174 Å². The molecular weight excluding hydrogens is 386 g/mol.